The minimum Gasteiger partial charge on any atom is -0.465 e. The lowest BCUT2D eigenvalue weighted by Crippen LogP contribution is -2.56. The molecular formula is C17H19NO5. The molecule has 6 heteroatoms. The van der Waals surface area contributed by atoms with Gasteiger partial charge in [-0.05, 0) is 13.3 Å². The highest BCUT2D eigenvalue weighted by molar-refractivity contribution is 6.18. The third-order valence-electron chi connectivity index (χ3n) is 4.58. The fraction of sp³-hybridized carbons (Fsp3) is 0.471. The van der Waals surface area contributed by atoms with Crippen LogP contribution in [0.5, 0.6) is 0 Å². The molecule has 1 aliphatic heterocycles. The molecule has 0 saturated heterocycles. The van der Waals surface area contributed by atoms with Gasteiger partial charge >= 0.3 is 5.97 Å². The summed E-state index contributed by atoms with van der Waals surface area (Å²) in [4.78, 5) is 29.2. The van der Waals surface area contributed by atoms with Crippen molar-refractivity contribution in [3.8, 4) is 0 Å². The summed E-state index contributed by atoms with van der Waals surface area (Å²) in [5, 5.41) is 21.9. The minimum absolute atomic E-state index is 0.181. The van der Waals surface area contributed by atoms with E-state index in [0.29, 0.717) is 6.42 Å². The van der Waals surface area contributed by atoms with Crippen molar-refractivity contribution in [2.24, 2.45) is 10.9 Å². The number of aliphatic hydroxyl groups is 2. The molecule has 0 spiro atoms. The van der Waals surface area contributed by atoms with Crippen LogP contribution in [0.1, 0.15) is 42.6 Å². The van der Waals surface area contributed by atoms with Gasteiger partial charge in [-0.3, -0.25) is 14.6 Å². The van der Waals surface area contributed by atoms with Crippen molar-refractivity contribution in [2.45, 2.75) is 38.0 Å². The zero-order valence-corrected chi connectivity index (χ0v) is 13.1. The topological polar surface area (TPSA) is 96.2 Å². The van der Waals surface area contributed by atoms with Crippen LogP contribution in [-0.2, 0) is 15.3 Å². The Bertz CT molecular complexity index is 713. The van der Waals surface area contributed by atoms with E-state index in [1.54, 1.807) is 12.1 Å². The Labute approximate surface area is 133 Å². The number of fused-ring (bicyclic) bond motifs is 3. The second-order valence-corrected chi connectivity index (χ2v) is 6.02. The van der Waals surface area contributed by atoms with Crippen LogP contribution in [0.25, 0.3) is 0 Å². The molecule has 2 N–H and O–H groups in total. The maximum Gasteiger partial charge on any atom is 0.318 e. The lowest BCUT2D eigenvalue weighted by Gasteiger charge is -2.31. The highest BCUT2D eigenvalue weighted by Crippen LogP contribution is 2.53. The quantitative estimate of drug-likeness (QED) is 0.642. The summed E-state index contributed by atoms with van der Waals surface area (Å²) in [5.74, 6) is -2.74. The summed E-state index contributed by atoms with van der Waals surface area (Å²) >= 11 is 0. The van der Waals surface area contributed by atoms with Gasteiger partial charge in [-0.15, -0.1) is 0 Å². The second kappa shape index (κ2) is 5.25. The molecule has 0 radical (unpaired) electrons. The van der Waals surface area contributed by atoms with Crippen LogP contribution in [-0.4, -0.2) is 39.9 Å². The molecule has 0 bridgehead atoms. The average molecular weight is 317 g/mol. The number of benzene rings is 1. The van der Waals surface area contributed by atoms with Gasteiger partial charge < -0.3 is 14.9 Å². The zero-order chi connectivity index (χ0) is 16.8. The molecule has 0 amide bonds. The SMILES string of the molecule is CCCCOC(=O)C1C(C)=NC2(O)c3ccccc3C(=O)C12O. The monoisotopic (exact) mass is 317 g/mol. The average Bonchev–Trinajstić information content (AvgIpc) is 2.83. The molecule has 0 aromatic heterocycles. The zero-order valence-electron chi connectivity index (χ0n) is 13.1. The largest absolute Gasteiger partial charge is 0.465 e. The molecular weight excluding hydrogens is 298 g/mol. The van der Waals surface area contributed by atoms with Crippen LogP contribution in [0.15, 0.2) is 29.3 Å². The number of aliphatic imine (C=N–C) groups is 1. The number of carbonyl (C=O) groups excluding carboxylic acids is 2. The number of ether oxygens (including phenoxy) is 1. The normalized spacial score (nSPS) is 31.6. The van der Waals surface area contributed by atoms with Crippen molar-refractivity contribution in [1.82, 2.24) is 0 Å². The van der Waals surface area contributed by atoms with Crippen molar-refractivity contribution in [3.63, 3.8) is 0 Å². The van der Waals surface area contributed by atoms with E-state index in [0.717, 1.165) is 6.42 Å². The van der Waals surface area contributed by atoms with Crippen molar-refractivity contribution in [1.29, 1.82) is 0 Å². The number of ketones is 1. The molecule has 1 heterocycles. The molecule has 1 aromatic rings. The summed E-state index contributed by atoms with van der Waals surface area (Å²) in [6.07, 6.45) is 1.54. The van der Waals surface area contributed by atoms with Gasteiger partial charge in [-0.2, -0.15) is 0 Å². The first-order valence-corrected chi connectivity index (χ1v) is 7.70. The first kappa shape index (κ1) is 15.8. The predicted molar refractivity (Wildman–Crippen MR) is 82.1 cm³/mol. The Balaban J connectivity index is 2.03. The van der Waals surface area contributed by atoms with E-state index in [9.17, 15) is 19.8 Å². The first-order valence-electron chi connectivity index (χ1n) is 7.70. The number of nitrogens with zero attached hydrogens (tertiary/aromatic N) is 1. The van der Waals surface area contributed by atoms with E-state index < -0.39 is 29.0 Å². The van der Waals surface area contributed by atoms with Gasteiger partial charge in [0.2, 0.25) is 11.5 Å². The van der Waals surface area contributed by atoms with Crippen molar-refractivity contribution in [3.05, 3.63) is 35.4 Å². The summed E-state index contributed by atoms with van der Waals surface area (Å²) in [7, 11) is 0. The molecule has 1 aromatic carbocycles. The van der Waals surface area contributed by atoms with Crippen LogP contribution >= 0.6 is 0 Å². The maximum absolute atomic E-state index is 12.7. The van der Waals surface area contributed by atoms with Crippen LogP contribution in [0.3, 0.4) is 0 Å². The molecule has 3 rings (SSSR count). The van der Waals surface area contributed by atoms with E-state index in [-0.39, 0.29) is 23.4 Å². The predicted octanol–water partition coefficient (Wildman–Crippen LogP) is 1.19. The number of rotatable bonds is 4. The van der Waals surface area contributed by atoms with E-state index in [4.69, 9.17) is 4.74 Å². The van der Waals surface area contributed by atoms with E-state index in [1.807, 2.05) is 6.92 Å². The van der Waals surface area contributed by atoms with Crippen LogP contribution < -0.4 is 0 Å². The van der Waals surface area contributed by atoms with E-state index in [2.05, 4.69) is 4.99 Å². The number of carbonyl (C=O) groups is 2. The molecule has 3 atom stereocenters. The van der Waals surface area contributed by atoms with Gasteiger partial charge in [0.15, 0.2) is 5.60 Å². The number of hydrogen-bond acceptors (Lipinski definition) is 6. The van der Waals surface area contributed by atoms with E-state index >= 15 is 0 Å². The van der Waals surface area contributed by atoms with Gasteiger partial charge in [0.25, 0.3) is 0 Å². The Morgan fingerprint density at radius 3 is 2.74 bits per heavy atom. The summed E-state index contributed by atoms with van der Waals surface area (Å²) < 4.78 is 5.16. The number of unbranched alkanes of at least 4 members (excludes halogenated alkanes) is 1. The molecule has 6 nitrogen and oxygen atoms in total. The Morgan fingerprint density at radius 2 is 2.04 bits per heavy atom. The van der Waals surface area contributed by atoms with E-state index in [1.165, 1.54) is 19.1 Å². The highest BCUT2D eigenvalue weighted by Gasteiger charge is 2.72. The lowest BCUT2D eigenvalue weighted by atomic mass is 9.79. The minimum atomic E-state index is -2.34. The molecule has 3 unspecified atom stereocenters. The van der Waals surface area contributed by atoms with Crippen LogP contribution in [0.4, 0.5) is 0 Å². The molecule has 122 valence electrons. The fourth-order valence-electron chi connectivity index (χ4n) is 3.40. The summed E-state index contributed by atoms with van der Waals surface area (Å²) in [6, 6.07) is 6.33. The Morgan fingerprint density at radius 1 is 1.35 bits per heavy atom. The lowest BCUT2D eigenvalue weighted by molar-refractivity contribution is -0.165. The number of esters is 1. The van der Waals surface area contributed by atoms with Gasteiger partial charge in [-0.25, -0.2) is 0 Å². The Kier molecular flexibility index (Phi) is 3.61. The maximum atomic E-state index is 12.7. The van der Waals surface area contributed by atoms with Gasteiger partial charge in [0.05, 0.1) is 6.61 Å². The third kappa shape index (κ3) is 1.91. The summed E-state index contributed by atoms with van der Waals surface area (Å²) in [6.45, 7) is 3.67. The van der Waals surface area contributed by atoms with Gasteiger partial charge in [0.1, 0.15) is 5.92 Å². The van der Waals surface area contributed by atoms with Crippen LogP contribution in [0, 0.1) is 5.92 Å². The molecule has 23 heavy (non-hydrogen) atoms. The van der Waals surface area contributed by atoms with Gasteiger partial charge in [-0.1, -0.05) is 37.6 Å². The van der Waals surface area contributed by atoms with Crippen LogP contribution in [0.2, 0.25) is 0 Å². The first-order chi connectivity index (χ1) is 10.9. The standard InChI is InChI=1S/C17H19NO5/c1-3-4-9-23-15(20)13-10(2)18-17(22)12-8-6-5-7-11(12)14(19)16(13,17)21/h5-8,13,21-22H,3-4,9H2,1-2H3. The fourth-order valence-corrected chi connectivity index (χ4v) is 3.40. The molecule has 0 fully saturated rings. The summed E-state index contributed by atoms with van der Waals surface area (Å²) in [5.41, 5.74) is -3.89. The van der Waals surface area contributed by atoms with Crippen molar-refractivity contribution < 1.29 is 24.5 Å². The van der Waals surface area contributed by atoms with Crippen molar-refractivity contribution >= 4 is 17.5 Å². The molecule has 1 aliphatic carbocycles. The highest BCUT2D eigenvalue weighted by atomic mass is 16.5. The smallest absolute Gasteiger partial charge is 0.318 e. The molecule has 0 saturated carbocycles. The Hall–Kier alpha value is -2.05. The molecule has 2 aliphatic rings. The number of Topliss-reactive ketones (excluding diaryl/α,β-unsaturated/α-hetero) is 1. The second-order valence-electron chi connectivity index (χ2n) is 6.02. The van der Waals surface area contributed by atoms with Crippen molar-refractivity contribution in [2.75, 3.05) is 6.61 Å². The third-order valence-corrected chi connectivity index (χ3v) is 4.58. The van der Waals surface area contributed by atoms with Gasteiger partial charge in [0, 0.05) is 16.8 Å². The number of hydrogen-bond donors (Lipinski definition) is 2.